The van der Waals surface area contributed by atoms with E-state index in [1.165, 1.54) is 0 Å². The molecule has 0 heterocycles. The number of para-hydroxylation sites is 1. The molecular formula is C19H16NO. The molecule has 3 aromatic rings. The second kappa shape index (κ2) is 6.25. The van der Waals surface area contributed by atoms with Gasteiger partial charge in [-0.15, -0.1) is 0 Å². The van der Waals surface area contributed by atoms with E-state index < -0.39 is 0 Å². The molecule has 2 N–H and O–H groups in total. The smallest absolute Gasteiger partial charge is 0.135 e. The third-order valence-electron chi connectivity index (χ3n) is 3.30. The van der Waals surface area contributed by atoms with Crippen LogP contribution >= 0.6 is 0 Å². The molecule has 21 heavy (non-hydrogen) atoms. The van der Waals surface area contributed by atoms with E-state index in [0.717, 1.165) is 28.2 Å². The van der Waals surface area contributed by atoms with Crippen molar-refractivity contribution < 1.29 is 4.74 Å². The van der Waals surface area contributed by atoms with Gasteiger partial charge in [0, 0.05) is 12.1 Å². The molecule has 0 bridgehead atoms. The van der Waals surface area contributed by atoms with Crippen LogP contribution in [0.3, 0.4) is 0 Å². The first-order valence-corrected chi connectivity index (χ1v) is 6.89. The van der Waals surface area contributed by atoms with Gasteiger partial charge in [0.05, 0.1) is 0 Å². The first-order chi connectivity index (χ1) is 10.4. The molecule has 2 nitrogen and oxygen atoms in total. The largest absolute Gasteiger partial charge is 0.457 e. The van der Waals surface area contributed by atoms with Crippen molar-refractivity contribution in [3.63, 3.8) is 0 Å². The Hall–Kier alpha value is -2.58. The maximum atomic E-state index is 5.96. The molecular weight excluding hydrogens is 258 g/mol. The molecule has 0 fully saturated rings. The van der Waals surface area contributed by atoms with Gasteiger partial charge in [0.15, 0.2) is 0 Å². The standard InChI is InChI=1S/C19H16NO/c20-14-15-10-12-16(13-11-15)18-8-4-5-9-19(18)21-17-6-2-1-3-7-17/h1-4,6-13H,14,20H2. The predicted molar refractivity (Wildman–Crippen MR) is 85.1 cm³/mol. The van der Waals surface area contributed by atoms with Crippen LogP contribution in [0.15, 0.2) is 72.8 Å². The second-order valence-corrected chi connectivity index (χ2v) is 4.74. The molecule has 0 saturated carbocycles. The van der Waals surface area contributed by atoms with Gasteiger partial charge in [0.2, 0.25) is 0 Å². The van der Waals surface area contributed by atoms with Crippen LogP contribution in [0.25, 0.3) is 11.1 Å². The summed E-state index contributed by atoms with van der Waals surface area (Å²) in [5, 5.41) is 0. The van der Waals surface area contributed by atoms with E-state index in [-0.39, 0.29) is 0 Å². The zero-order chi connectivity index (χ0) is 14.5. The van der Waals surface area contributed by atoms with Gasteiger partial charge < -0.3 is 10.5 Å². The first-order valence-electron chi connectivity index (χ1n) is 6.89. The molecule has 0 aliphatic carbocycles. The van der Waals surface area contributed by atoms with Gasteiger partial charge in [0.1, 0.15) is 11.5 Å². The van der Waals surface area contributed by atoms with Crippen molar-refractivity contribution in [1.82, 2.24) is 0 Å². The van der Waals surface area contributed by atoms with E-state index >= 15 is 0 Å². The maximum Gasteiger partial charge on any atom is 0.135 e. The number of rotatable bonds is 4. The highest BCUT2D eigenvalue weighted by molar-refractivity contribution is 5.70. The lowest BCUT2D eigenvalue weighted by molar-refractivity contribution is 0.484. The van der Waals surface area contributed by atoms with Crippen molar-refractivity contribution in [3.05, 3.63) is 84.4 Å². The highest BCUT2D eigenvalue weighted by Gasteiger charge is 2.06. The summed E-state index contributed by atoms with van der Waals surface area (Å²) in [6.45, 7) is 0.552. The van der Waals surface area contributed by atoms with Crippen LogP contribution in [0.5, 0.6) is 11.5 Å². The summed E-state index contributed by atoms with van der Waals surface area (Å²) in [6, 6.07) is 26.8. The summed E-state index contributed by atoms with van der Waals surface area (Å²) >= 11 is 0. The molecule has 0 amide bonds. The summed E-state index contributed by atoms with van der Waals surface area (Å²) < 4.78 is 5.96. The molecule has 3 aromatic carbocycles. The third-order valence-corrected chi connectivity index (χ3v) is 3.30. The summed E-state index contributed by atoms with van der Waals surface area (Å²) in [7, 11) is 0. The lowest BCUT2D eigenvalue weighted by atomic mass is 10.0. The predicted octanol–water partition coefficient (Wildman–Crippen LogP) is 4.40. The van der Waals surface area contributed by atoms with Gasteiger partial charge in [-0.2, -0.15) is 0 Å². The Kier molecular flexibility index (Phi) is 3.99. The quantitative estimate of drug-likeness (QED) is 0.765. The summed E-state index contributed by atoms with van der Waals surface area (Å²) in [6.07, 6.45) is 0. The highest BCUT2D eigenvalue weighted by Crippen LogP contribution is 2.32. The summed E-state index contributed by atoms with van der Waals surface area (Å²) in [5.41, 5.74) is 8.90. The molecule has 0 spiro atoms. The minimum absolute atomic E-state index is 0.552. The van der Waals surface area contributed by atoms with Crippen LogP contribution in [0.1, 0.15) is 5.56 Å². The van der Waals surface area contributed by atoms with Gasteiger partial charge in [-0.25, -0.2) is 0 Å². The van der Waals surface area contributed by atoms with E-state index in [0.29, 0.717) is 6.54 Å². The Morgan fingerprint density at radius 2 is 1.67 bits per heavy atom. The Labute approximate surface area is 124 Å². The van der Waals surface area contributed by atoms with Crippen molar-refractivity contribution in [1.29, 1.82) is 0 Å². The van der Waals surface area contributed by atoms with Crippen molar-refractivity contribution in [2.24, 2.45) is 5.73 Å². The van der Waals surface area contributed by atoms with Crippen molar-refractivity contribution in [2.45, 2.75) is 6.54 Å². The number of ether oxygens (including phenoxy) is 1. The van der Waals surface area contributed by atoms with Crippen molar-refractivity contribution >= 4 is 0 Å². The molecule has 0 unspecified atom stereocenters. The molecule has 0 atom stereocenters. The molecule has 0 saturated heterocycles. The zero-order valence-electron chi connectivity index (χ0n) is 11.6. The van der Waals surface area contributed by atoms with Gasteiger partial charge in [-0.05, 0) is 35.4 Å². The van der Waals surface area contributed by atoms with E-state index in [4.69, 9.17) is 10.5 Å². The Balaban J connectivity index is 1.95. The molecule has 3 rings (SSSR count). The highest BCUT2D eigenvalue weighted by atomic mass is 16.5. The Bertz CT molecular complexity index is 705. The minimum atomic E-state index is 0.552. The van der Waals surface area contributed by atoms with Crippen LogP contribution in [-0.2, 0) is 6.54 Å². The molecule has 103 valence electrons. The van der Waals surface area contributed by atoms with Crippen molar-refractivity contribution in [2.75, 3.05) is 0 Å². The molecule has 2 heteroatoms. The first kappa shape index (κ1) is 13.4. The normalized spacial score (nSPS) is 10.3. The molecule has 0 aromatic heterocycles. The lowest BCUT2D eigenvalue weighted by Crippen LogP contribution is -1.95. The van der Waals surface area contributed by atoms with Crippen LogP contribution in [0.4, 0.5) is 0 Å². The average Bonchev–Trinajstić information content (AvgIpc) is 2.56. The number of nitrogens with two attached hydrogens (primary N) is 1. The topological polar surface area (TPSA) is 35.2 Å². The number of hydrogen-bond donors (Lipinski definition) is 1. The van der Waals surface area contributed by atoms with Crippen LogP contribution < -0.4 is 10.5 Å². The van der Waals surface area contributed by atoms with Crippen LogP contribution in [-0.4, -0.2) is 0 Å². The minimum Gasteiger partial charge on any atom is -0.457 e. The van der Waals surface area contributed by atoms with Crippen LogP contribution in [0, 0.1) is 6.07 Å². The molecule has 1 radical (unpaired) electrons. The average molecular weight is 274 g/mol. The summed E-state index contributed by atoms with van der Waals surface area (Å²) in [5.74, 6) is 1.61. The van der Waals surface area contributed by atoms with E-state index in [9.17, 15) is 0 Å². The Morgan fingerprint density at radius 3 is 2.38 bits per heavy atom. The second-order valence-electron chi connectivity index (χ2n) is 4.74. The van der Waals surface area contributed by atoms with Crippen molar-refractivity contribution in [3.8, 4) is 22.6 Å². The molecule has 0 aliphatic heterocycles. The summed E-state index contributed by atoms with van der Waals surface area (Å²) in [4.78, 5) is 0. The third kappa shape index (κ3) is 3.12. The number of hydrogen-bond acceptors (Lipinski definition) is 2. The van der Waals surface area contributed by atoms with E-state index in [1.807, 2.05) is 60.7 Å². The molecule has 0 aliphatic rings. The Morgan fingerprint density at radius 1 is 0.905 bits per heavy atom. The SMILES string of the molecule is NCc1ccc(-c2cc[c]cc2Oc2ccccc2)cc1. The van der Waals surface area contributed by atoms with Gasteiger partial charge in [-0.1, -0.05) is 54.6 Å². The maximum absolute atomic E-state index is 5.96. The lowest BCUT2D eigenvalue weighted by Gasteiger charge is -2.11. The fourth-order valence-electron chi connectivity index (χ4n) is 2.17. The fourth-order valence-corrected chi connectivity index (χ4v) is 2.17. The van der Waals surface area contributed by atoms with Gasteiger partial charge >= 0.3 is 0 Å². The van der Waals surface area contributed by atoms with Gasteiger partial charge in [-0.3, -0.25) is 0 Å². The fraction of sp³-hybridized carbons (Fsp3) is 0.0526. The number of benzene rings is 3. The van der Waals surface area contributed by atoms with E-state index in [2.05, 4.69) is 18.2 Å². The zero-order valence-corrected chi connectivity index (χ0v) is 11.6. The van der Waals surface area contributed by atoms with E-state index in [1.54, 1.807) is 0 Å². The monoisotopic (exact) mass is 274 g/mol. The van der Waals surface area contributed by atoms with Gasteiger partial charge in [0.25, 0.3) is 0 Å². The van der Waals surface area contributed by atoms with Crippen LogP contribution in [0.2, 0.25) is 0 Å².